The van der Waals surface area contributed by atoms with E-state index in [2.05, 4.69) is 31.7 Å². The predicted molar refractivity (Wildman–Crippen MR) is 92.6 cm³/mol. The molecule has 7 nitrogen and oxygen atoms in total. The number of carbonyl (C=O) groups excluding carboxylic acids is 1. The molecule has 1 aliphatic heterocycles. The number of nitrogens with one attached hydrogen (secondary N) is 2. The van der Waals surface area contributed by atoms with Crippen molar-refractivity contribution in [1.29, 1.82) is 0 Å². The summed E-state index contributed by atoms with van der Waals surface area (Å²) in [5.41, 5.74) is 2.80. The Hall–Kier alpha value is -2.41. The molecule has 2 N–H and O–H groups in total. The molecule has 3 rings (SSSR count). The summed E-state index contributed by atoms with van der Waals surface area (Å²) in [6.45, 7) is 4.76. The lowest BCUT2D eigenvalue weighted by Crippen LogP contribution is -2.45. The minimum Gasteiger partial charge on any atom is -0.335 e. The molecule has 0 unspecified atom stereocenters. The number of carbonyl (C=O) groups is 1. The number of urea groups is 1. The molecule has 0 aliphatic carbocycles. The Morgan fingerprint density at radius 2 is 2.17 bits per heavy atom. The van der Waals surface area contributed by atoms with Crippen LogP contribution in [0.4, 0.5) is 10.5 Å². The second kappa shape index (κ2) is 7.44. The van der Waals surface area contributed by atoms with Crippen molar-refractivity contribution in [3.05, 3.63) is 42.0 Å². The predicted octanol–water partition coefficient (Wildman–Crippen LogP) is 1.91. The molecule has 2 amide bonds. The van der Waals surface area contributed by atoms with Gasteiger partial charge in [-0.2, -0.15) is 5.10 Å². The van der Waals surface area contributed by atoms with Crippen LogP contribution in [0.5, 0.6) is 0 Å². The van der Waals surface area contributed by atoms with Crippen LogP contribution in [-0.2, 0) is 13.6 Å². The highest BCUT2D eigenvalue weighted by molar-refractivity contribution is 5.89. The Labute approximate surface area is 142 Å². The minimum absolute atomic E-state index is 0.156. The van der Waals surface area contributed by atoms with E-state index < -0.39 is 0 Å². The largest absolute Gasteiger partial charge is 0.335 e. The number of rotatable bonds is 4. The van der Waals surface area contributed by atoms with Crippen LogP contribution in [0.15, 0.2) is 30.7 Å². The van der Waals surface area contributed by atoms with Gasteiger partial charge in [0.15, 0.2) is 0 Å². The molecule has 1 saturated heterocycles. The molecule has 128 valence electrons. The summed E-state index contributed by atoms with van der Waals surface area (Å²) in [6, 6.07) is 4.12. The van der Waals surface area contributed by atoms with Crippen LogP contribution >= 0.6 is 0 Å². The lowest BCUT2D eigenvalue weighted by Gasteiger charge is -2.32. The van der Waals surface area contributed by atoms with E-state index in [0.717, 1.165) is 43.9 Å². The summed E-state index contributed by atoms with van der Waals surface area (Å²) in [5.74, 6) is 0. The first-order chi connectivity index (χ1) is 11.6. The second-order valence-electron chi connectivity index (χ2n) is 6.31. The first-order valence-corrected chi connectivity index (χ1v) is 8.29. The normalized spacial score (nSPS) is 16.1. The maximum atomic E-state index is 12.1. The molecule has 3 heterocycles. The third kappa shape index (κ3) is 4.32. The molecular formula is C17H24N6O. The standard InChI is InChI=1S/C17H24N6O/c1-13-16(12-22(2)21-13)20-17(24)19-15-5-8-23(9-6-15)11-14-4-3-7-18-10-14/h3-4,7,10,12,15H,5-6,8-9,11H2,1-2H3,(H2,19,20,24). The highest BCUT2D eigenvalue weighted by Gasteiger charge is 2.21. The Morgan fingerprint density at radius 3 is 2.79 bits per heavy atom. The number of likely N-dealkylation sites (tertiary alicyclic amines) is 1. The van der Waals surface area contributed by atoms with Gasteiger partial charge in [-0.05, 0) is 31.4 Å². The fourth-order valence-electron chi connectivity index (χ4n) is 3.05. The van der Waals surface area contributed by atoms with Crippen molar-refractivity contribution in [2.45, 2.75) is 32.4 Å². The molecule has 0 saturated carbocycles. The van der Waals surface area contributed by atoms with Gasteiger partial charge in [0.2, 0.25) is 0 Å². The average molecular weight is 328 g/mol. The van der Waals surface area contributed by atoms with E-state index in [1.165, 1.54) is 5.56 Å². The quantitative estimate of drug-likeness (QED) is 0.899. The Morgan fingerprint density at radius 1 is 1.38 bits per heavy atom. The first kappa shape index (κ1) is 16.4. The number of hydrogen-bond donors (Lipinski definition) is 2. The summed E-state index contributed by atoms with van der Waals surface area (Å²) in [6.07, 6.45) is 7.43. The monoisotopic (exact) mass is 328 g/mol. The maximum Gasteiger partial charge on any atom is 0.319 e. The zero-order chi connectivity index (χ0) is 16.9. The highest BCUT2D eigenvalue weighted by atomic mass is 16.2. The van der Waals surface area contributed by atoms with Gasteiger partial charge < -0.3 is 10.6 Å². The van der Waals surface area contributed by atoms with E-state index in [9.17, 15) is 4.79 Å². The van der Waals surface area contributed by atoms with Gasteiger partial charge in [-0.15, -0.1) is 0 Å². The van der Waals surface area contributed by atoms with Gasteiger partial charge in [0.05, 0.1) is 11.4 Å². The second-order valence-corrected chi connectivity index (χ2v) is 6.31. The fourth-order valence-corrected chi connectivity index (χ4v) is 3.05. The number of anilines is 1. The third-order valence-corrected chi connectivity index (χ3v) is 4.31. The summed E-state index contributed by atoms with van der Waals surface area (Å²) >= 11 is 0. The third-order valence-electron chi connectivity index (χ3n) is 4.31. The van der Waals surface area contributed by atoms with Crippen LogP contribution in [0, 0.1) is 6.92 Å². The Kier molecular flexibility index (Phi) is 5.10. The molecule has 0 spiro atoms. The molecule has 0 radical (unpaired) electrons. The lowest BCUT2D eigenvalue weighted by molar-refractivity contribution is 0.189. The number of aryl methyl sites for hydroxylation is 2. The fraction of sp³-hybridized carbons (Fsp3) is 0.471. The van der Waals surface area contributed by atoms with Gasteiger partial charge in [0, 0.05) is 51.3 Å². The molecule has 1 aliphatic rings. The zero-order valence-electron chi connectivity index (χ0n) is 14.2. The smallest absolute Gasteiger partial charge is 0.319 e. The van der Waals surface area contributed by atoms with E-state index >= 15 is 0 Å². The van der Waals surface area contributed by atoms with Crippen molar-refractivity contribution in [2.75, 3.05) is 18.4 Å². The van der Waals surface area contributed by atoms with Gasteiger partial charge in [0.1, 0.15) is 0 Å². The SMILES string of the molecule is Cc1nn(C)cc1NC(=O)NC1CCN(Cc2cccnc2)CC1. The van der Waals surface area contributed by atoms with Crippen LogP contribution in [0.2, 0.25) is 0 Å². The van der Waals surface area contributed by atoms with Crippen molar-refractivity contribution in [1.82, 2.24) is 25.0 Å². The number of pyridine rings is 1. The molecule has 0 aromatic carbocycles. The molecular weight excluding hydrogens is 304 g/mol. The van der Waals surface area contributed by atoms with E-state index in [-0.39, 0.29) is 12.1 Å². The minimum atomic E-state index is -0.156. The maximum absolute atomic E-state index is 12.1. The lowest BCUT2D eigenvalue weighted by atomic mass is 10.0. The molecule has 24 heavy (non-hydrogen) atoms. The highest BCUT2D eigenvalue weighted by Crippen LogP contribution is 2.15. The van der Waals surface area contributed by atoms with Crippen LogP contribution in [-0.4, -0.2) is 44.8 Å². The van der Waals surface area contributed by atoms with E-state index in [1.54, 1.807) is 10.9 Å². The van der Waals surface area contributed by atoms with Gasteiger partial charge in [-0.1, -0.05) is 6.07 Å². The summed E-state index contributed by atoms with van der Waals surface area (Å²) in [7, 11) is 1.84. The summed E-state index contributed by atoms with van der Waals surface area (Å²) in [5, 5.41) is 10.2. The summed E-state index contributed by atoms with van der Waals surface area (Å²) < 4.78 is 1.70. The molecule has 1 fully saturated rings. The average Bonchev–Trinajstić information content (AvgIpc) is 2.87. The van der Waals surface area contributed by atoms with Crippen LogP contribution < -0.4 is 10.6 Å². The number of amides is 2. The van der Waals surface area contributed by atoms with Crippen molar-refractivity contribution < 1.29 is 4.79 Å². The topological polar surface area (TPSA) is 75.1 Å². The van der Waals surface area contributed by atoms with Crippen molar-refractivity contribution >= 4 is 11.7 Å². The van der Waals surface area contributed by atoms with Gasteiger partial charge >= 0.3 is 6.03 Å². The zero-order valence-corrected chi connectivity index (χ0v) is 14.2. The van der Waals surface area contributed by atoms with E-state index in [1.807, 2.05) is 32.4 Å². The van der Waals surface area contributed by atoms with Gasteiger partial charge in [-0.25, -0.2) is 4.79 Å². The van der Waals surface area contributed by atoms with E-state index in [4.69, 9.17) is 0 Å². The molecule has 0 atom stereocenters. The molecule has 7 heteroatoms. The van der Waals surface area contributed by atoms with Crippen molar-refractivity contribution in [2.24, 2.45) is 7.05 Å². The number of hydrogen-bond acceptors (Lipinski definition) is 4. The Bertz CT molecular complexity index is 676. The van der Waals surface area contributed by atoms with Crippen LogP contribution in [0.3, 0.4) is 0 Å². The molecule has 0 bridgehead atoms. The number of nitrogens with zero attached hydrogens (tertiary/aromatic N) is 4. The summed E-state index contributed by atoms with van der Waals surface area (Å²) in [4.78, 5) is 18.7. The Balaban J connectivity index is 1.43. The van der Waals surface area contributed by atoms with Crippen LogP contribution in [0.1, 0.15) is 24.1 Å². The van der Waals surface area contributed by atoms with E-state index in [0.29, 0.717) is 0 Å². The van der Waals surface area contributed by atoms with Gasteiger partial charge in [0.25, 0.3) is 0 Å². The molecule has 2 aromatic rings. The number of aromatic nitrogens is 3. The van der Waals surface area contributed by atoms with Crippen LogP contribution in [0.25, 0.3) is 0 Å². The molecule has 2 aromatic heterocycles. The first-order valence-electron chi connectivity index (χ1n) is 8.29. The van der Waals surface area contributed by atoms with Crippen molar-refractivity contribution in [3.8, 4) is 0 Å². The number of piperidine rings is 1. The van der Waals surface area contributed by atoms with Crippen molar-refractivity contribution in [3.63, 3.8) is 0 Å². The van der Waals surface area contributed by atoms with Gasteiger partial charge in [-0.3, -0.25) is 14.6 Å².